The van der Waals surface area contributed by atoms with Gasteiger partial charge in [0.2, 0.25) is 0 Å². The second-order valence-electron chi connectivity index (χ2n) is 6.57. The lowest BCUT2D eigenvalue weighted by atomic mass is 10.1. The summed E-state index contributed by atoms with van der Waals surface area (Å²) < 4.78 is 3.79. The van der Waals surface area contributed by atoms with Crippen LogP contribution in [0.3, 0.4) is 0 Å². The molecule has 4 aromatic rings. The van der Waals surface area contributed by atoms with Crippen molar-refractivity contribution in [3.05, 3.63) is 95.7 Å². The fourth-order valence-electron chi connectivity index (χ4n) is 3.40. The normalized spacial score (nSPS) is 10.8. The molecule has 0 aliphatic carbocycles. The minimum Gasteiger partial charge on any atom is -0.348 e. The van der Waals surface area contributed by atoms with Crippen molar-refractivity contribution in [1.29, 1.82) is 0 Å². The Hall–Kier alpha value is -3.67. The highest BCUT2D eigenvalue weighted by Gasteiger charge is 2.17. The summed E-state index contributed by atoms with van der Waals surface area (Å²) >= 11 is 0. The van der Waals surface area contributed by atoms with Gasteiger partial charge in [-0.05, 0) is 49.7 Å². The van der Waals surface area contributed by atoms with Crippen molar-refractivity contribution in [2.24, 2.45) is 0 Å². The van der Waals surface area contributed by atoms with Gasteiger partial charge in [-0.2, -0.15) is 5.10 Å². The summed E-state index contributed by atoms with van der Waals surface area (Å²) in [7, 11) is 0. The molecule has 0 radical (unpaired) electrons. The molecule has 1 aromatic carbocycles. The summed E-state index contributed by atoms with van der Waals surface area (Å²) in [5, 5.41) is 7.33. The number of hydrogen-bond acceptors (Lipinski definition) is 3. The van der Waals surface area contributed by atoms with E-state index >= 15 is 0 Å². The number of amides is 1. The fourth-order valence-corrected chi connectivity index (χ4v) is 3.40. The van der Waals surface area contributed by atoms with Crippen molar-refractivity contribution >= 4 is 5.91 Å². The predicted molar refractivity (Wildman–Crippen MR) is 108 cm³/mol. The van der Waals surface area contributed by atoms with Gasteiger partial charge >= 0.3 is 0 Å². The summed E-state index contributed by atoms with van der Waals surface area (Å²) in [6.07, 6.45) is 5.38. The van der Waals surface area contributed by atoms with E-state index in [2.05, 4.69) is 15.4 Å². The monoisotopic (exact) mass is 371 g/mol. The van der Waals surface area contributed by atoms with Crippen LogP contribution in [0.4, 0.5) is 0 Å². The Morgan fingerprint density at radius 2 is 1.86 bits per heavy atom. The highest BCUT2D eigenvalue weighted by molar-refractivity contribution is 5.95. The summed E-state index contributed by atoms with van der Waals surface area (Å²) in [6, 6.07) is 17.4. The lowest BCUT2D eigenvalue weighted by Crippen LogP contribution is -2.24. The number of para-hydroxylation sites is 1. The first kappa shape index (κ1) is 17.7. The highest BCUT2D eigenvalue weighted by atomic mass is 16.1. The summed E-state index contributed by atoms with van der Waals surface area (Å²) in [4.78, 5) is 17.3. The van der Waals surface area contributed by atoms with Crippen LogP contribution >= 0.6 is 0 Å². The third-order valence-corrected chi connectivity index (χ3v) is 4.74. The third kappa shape index (κ3) is 3.32. The van der Waals surface area contributed by atoms with Gasteiger partial charge in [0.25, 0.3) is 5.91 Å². The fraction of sp³-hybridized carbons (Fsp3) is 0.136. The van der Waals surface area contributed by atoms with E-state index in [0.29, 0.717) is 12.1 Å². The summed E-state index contributed by atoms with van der Waals surface area (Å²) in [6.45, 7) is 4.34. The minimum absolute atomic E-state index is 0.106. The largest absolute Gasteiger partial charge is 0.348 e. The van der Waals surface area contributed by atoms with Gasteiger partial charge in [0.15, 0.2) is 0 Å². The van der Waals surface area contributed by atoms with Crippen LogP contribution in [0.15, 0.2) is 73.2 Å². The standard InChI is InChI=1S/C22H21N5O/c1-16-14-19(17(2)27(16)21-10-5-6-11-23-21)22(28)24-15-18-8-3-4-9-20(18)26-13-7-12-25-26/h3-14H,15H2,1-2H3,(H,24,28). The molecule has 0 fully saturated rings. The maximum absolute atomic E-state index is 12.9. The number of aromatic nitrogens is 4. The van der Waals surface area contributed by atoms with E-state index < -0.39 is 0 Å². The quantitative estimate of drug-likeness (QED) is 0.583. The van der Waals surface area contributed by atoms with Gasteiger partial charge in [-0.15, -0.1) is 0 Å². The number of benzene rings is 1. The van der Waals surface area contributed by atoms with Crippen LogP contribution in [-0.2, 0) is 6.54 Å². The average molecular weight is 371 g/mol. The van der Waals surface area contributed by atoms with Crippen LogP contribution in [0.2, 0.25) is 0 Å². The zero-order valence-electron chi connectivity index (χ0n) is 15.8. The Labute approximate surface area is 163 Å². The van der Waals surface area contributed by atoms with Gasteiger partial charge in [-0.3, -0.25) is 4.79 Å². The van der Waals surface area contributed by atoms with Crippen molar-refractivity contribution in [2.45, 2.75) is 20.4 Å². The van der Waals surface area contributed by atoms with E-state index in [4.69, 9.17) is 0 Å². The molecular formula is C22H21N5O. The van der Waals surface area contributed by atoms with Gasteiger partial charge in [0, 0.05) is 36.5 Å². The number of nitrogens with one attached hydrogen (secondary N) is 1. The van der Waals surface area contributed by atoms with Gasteiger partial charge in [-0.1, -0.05) is 24.3 Å². The first-order valence-corrected chi connectivity index (χ1v) is 9.11. The molecule has 0 bridgehead atoms. The van der Waals surface area contributed by atoms with Crippen molar-refractivity contribution in [1.82, 2.24) is 24.6 Å². The van der Waals surface area contributed by atoms with Gasteiger partial charge in [0.05, 0.1) is 11.3 Å². The number of aryl methyl sites for hydroxylation is 1. The molecule has 0 saturated carbocycles. The van der Waals surface area contributed by atoms with E-state index in [1.165, 1.54) is 0 Å². The van der Waals surface area contributed by atoms with Crippen molar-refractivity contribution in [2.75, 3.05) is 0 Å². The van der Waals surface area contributed by atoms with Gasteiger partial charge < -0.3 is 9.88 Å². The summed E-state index contributed by atoms with van der Waals surface area (Å²) in [5.41, 5.74) is 4.44. The smallest absolute Gasteiger partial charge is 0.253 e. The van der Waals surface area contributed by atoms with Crippen LogP contribution in [0, 0.1) is 13.8 Å². The second-order valence-corrected chi connectivity index (χ2v) is 6.57. The predicted octanol–water partition coefficient (Wildman–Crippen LogP) is 3.60. The molecule has 28 heavy (non-hydrogen) atoms. The number of hydrogen-bond donors (Lipinski definition) is 1. The molecule has 0 spiro atoms. The zero-order chi connectivity index (χ0) is 19.5. The number of carbonyl (C=O) groups is 1. The van der Waals surface area contributed by atoms with Crippen LogP contribution < -0.4 is 5.32 Å². The van der Waals surface area contributed by atoms with Crippen molar-refractivity contribution < 1.29 is 4.79 Å². The topological polar surface area (TPSA) is 64.7 Å². The molecule has 140 valence electrons. The van der Waals surface area contributed by atoms with E-state index in [1.54, 1.807) is 17.1 Å². The van der Waals surface area contributed by atoms with Crippen molar-refractivity contribution in [3.63, 3.8) is 0 Å². The lowest BCUT2D eigenvalue weighted by molar-refractivity contribution is 0.0950. The Bertz CT molecular complexity index is 1100. The van der Waals surface area contributed by atoms with Gasteiger partial charge in [-0.25, -0.2) is 9.67 Å². The van der Waals surface area contributed by atoms with E-state index in [1.807, 2.05) is 79.2 Å². The second kappa shape index (κ2) is 7.52. The highest BCUT2D eigenvalue weighted by Crippen LogP contribution is 2.20. The van der Waals surface area contributed by atoms with E-state index in [0.717, 1.165) is 28.5 Å². The maximum atomic E-state index is 12.9. The molecule has 0 aliphatic heterocycles. The Kier molecular flexibility index (Phi) is 4.76. The average Bonchev–Trinajstić information content (AvgIpc) is 3.35. The summed E-state index contributed by atoms with van der Waals surface area (Å²) in [5.74, 6) is 0.700. The number of carbonyl (C=O) groups excluding carboxylic acids is 1. The Balaban J connectivity index is 1.56. The Morgan fingerprint density at radius 3 is 2.61 bits per heavy atom. The van der Waals surface area contributed by atoms with Crippen LogP contribution in [0.5, 0.6) is 0 Å². The molecule has 4 rings (SSSR count). The molecule has 0 atom stereocenters. The van der Waals surface area contributed by atoms with E-state index in [-0.39, 0.29) is 5.91 Å². The van der Waals surface area contributed by atoms with Crippen LogP contribution in [0.25, 0.3) is 11.5 Å². The minimum atomic E-state index is -0.106. The molecule has 6 nitrogen and oxygen atoms in total. The first-order chi connectivity index (χ1) is 13.6. The molecule has 0 unspecified atom stereocenters. The maximum Gasteiger partial charge on any atom is 0.253 e. The third-order valence-electron chi connectivity index (χ3n) is 4.74. The molecule has 0 saturated heterocycles. The van der Waals surface area contributed by atoms with Crippen LogP contribution in [-0.4, -0.2) is 25.2 Å². The van der Waals surface area contributed by atoms with Gasteiger partial charge in [0.1, 0.15) is 5.82 Å². The molecule has 1 amide bonds. The molecule has 3 aromatic heterocycles. The SMILES string of the molecule is Cc1cc(C(=O)NCc2ccccc2-n2cccn2)c(C)n1-c1ccccn1. The molecule has 6 heteroatoms. The van der Waals surface area contributed by atoms with Crippen molar-refractivity contribution in [3.8, 4) is 11.5 Å². The molecular weight excluding hydrogens is 350 g/mol. The first-order valence-electron chi connectivity index (χ1n) is 9.11. The number of rotatable bonds is 5. The molecule has 1 N–H and O–H groups in total. The van der Waals surface area contributed by atoms with Crippen LogP contribution in [0.1, 0.15) is 27.3 Å². The number of pyridine rings is 1. The molecule has 0 aliphatic rings. The zero-order valence-corrected chi connectivity index (χ0v) is 15.8. The lowest BCUT2D eigenvalue weighted by Gasteiger charge is -2.11. The molecule has 3 heterocycles. The Morgan fingerprint density at radius 1 is 1.04 bits per heavy atom. The van der Waals surface area contributed by atoms with E-state index in [9.17, 15) is 4.79 Å². The number of nitrogens with zero attached hydrogens (tertiary/aromatic N) is 4.